The van der Waals surface area contributed by atoms with Gasteiger partial charge in [-0.3, -0.25) is 0 Å². The zero-order valence-corrected chi connectivity index (χ0v) is 38.4. The van der Waals surface area contributed by atoms with Gasteiger partial charge >= 0.3 is 0 Å². The minimum Gasteiger partial charge on any atom is -0.310 e. The first-order valence-electron chi connectivity index (χ1n) is 23.7. The van der Waals surface area contributed by atoms with E-state index in [1.54, 1.807) is 0 Å². The van der Waals surface area contributed by atoms with Gasteiger partial charge in [0.2, 0.25) is 0 Å². The normalized spacial score (nSPS) is 12.0. The van der Waals surface area contributed by atoms with Crippen molar-refractivity contribution in [1.82, 2.24) is 4.57 Å². The molecule has 14 rings (SSSR count). The van der Waals surface area contributed by atoms with Crippen molar-refractivity contribution in [2.45, 2.75) is 6.42 Å². The lowest BCUT2D eigenvalue weighted by molar-refractivity contribution is 1.18. The highest BCUT2D eigenvalue weighted by Crippen LogP contribution is 2.49. The van der Waals surface area contributed by atoms with Crippen molar-refractivity contribution in [2.24, 2.45) is 0 Å². The van der Waals surface area contributed by atoms with Gasteiger partial charge in [-0.1, -0.05) is 164 Å². The summed E-state index contributed by atoms with van der Waals surface area (Å²) in [6, 6.07) is 91.4. The molecule has 1 aliphatic rings. The molecule has 0 amide bonds. The number of fused-ring (bicyclic) bond motifs is 10. The minimum absolute atomic E-state index is 0.905. The fourth-order valence-corrected chi connectivity index (χ4v) is 12.1. The van der Waals surface area contributed by atoms with E-state index in [-0.39, 0.29) is 0 Å². The Balaban J connectivity index is 0.934. The summed E-state index contributed by atoms with van der Waals surface area (Å²) in [7, 11) is 0. The first kappa shape index (κ1) is 39.5. The number of hydrogen-bond donors (Lipinski definition) is 0. The Morgan fingerprint density at radius 3 is 1.83 bits per heavy atom. The number of para-hydroxylation sites is 2. The topological polar surface area (TPSA) is 11.4 Å². The van der Waals surface area contributed by atoms with Crippen molar-refractivity contribution in [2.75, 3.05) is 9.80 Å². The van der Waals surface area contributed by atoms with Crippen molar-refractivity contribution < 1.29 is 0 Å². The summed E-state index contributed by atoms with van der Waals surface area (Å²) in [5.74, 6) is 0. The second kappa shape index (κ2) is 16.0. The van der Waals surface area contributed by atoms with Gasteiger partial charge in [0, 0.05) is 71.2 Å². The van der Waals surface area contributed by atoms with E-state index in [2.05, 4.69) is 263 Å². The van der Waals surface area contributed by atoms with Crippen LogP contribution in [0.1, 0.15) is 11.1 Å². The molecule has 0 unspecified atom stereocenters. The predicted molar refractivity (Wildman–Crippen MR) is 294 cm³/mol. The zero-order chi connectivity index (χ0) is 45.4. The smallest absolute Gasteiger partial charge is 0.0561 e. The van der Waals surface area contributed by atoms with Gasteiger partial charge in [0.15, 0.2) is 0 Å². The predicted octanol–water partition coefficient (Wildman–Crippen LogP) is 18.5. The van der Waals surface area contributed by atoms with Crippen LogP contribution < -0.4 is 9.80 Å². The summed E-state index contributed by atoms with van der Waals surface area (Å²) in [4.78, 5) is 4.93. The monoisotopic (exact) mass is 897 g/mol. The molecular weight excluding hydrogens is 855 g/mol. The van der Waals surface area contributed by atoms with Crippen LogP contribution in [0, 0.1) is 0 Å². The average Bonchev–Trinajstić information content (AvgIpc) is 4.09. The van der Waals surface area contributed by atoms with E-state index < -0.39 is 0 Å². The third kappa shape index (κ3) is 6.48. The molecule has 0 aliphatic heterocycles. The van der Waals surface area contributed by atoms with Gasteiger partial charge in [0.25, 0.3) is 0 Å². The maximum absolute atomic E-state index is 2.51. The molecule has 0 saturated heterocycles. The SMILES string of the molecule is c1ccc(-c2ccc(N(c3ccc4c(c3)sc3ccc(N(c5cccc6c5Cc5ccccc5-6)c5cccc6ccccc56)cc34)c3ccc4c5ccccc5n(-c5ccccc5)c4c3)cc2)cc1. The Labute approximate surface area is 404 Å². The summed E-state index contributed by atoms with van der Waals surface area (Å²) in [6.07, 6.45) is 0.905. The number of hydrogen-bond acceptors (Lipinski definition) is 3. The molecule has 0 N–H and O–H groups in total. The molecular formula is C65H43N3S. The molecule has 69 heavy (non-hydrogen) atoms. The number of thiophene rings is 1. The number of aromatic nitrogens is 1. The maximum atomic E-state index is 2.51. The molecule has 0 atom stereocenters. The van der Waals surface area contributed by atoms with Gasteiger partial charge in [-0.25, -0.2) is 0 Å². The summed E-state index contributed by atoms with van der Waals surface area (Å²) in [5.41, 5.74) is 18.2. The summed E-state index contributed by atoms with van der Waals surface area (Å²) in [5, 5.41) is 7.44. The number of nitrogens with zero attached hydrogens (tertiary/aromatic N) is 3. The van der Waals surface area contributed by atoms with Crippen LogP contribution >= 0.6 is 11.3 Å². The highest BCUT2D eigenvalue weighted by molar-refractivity contribution is 7.25. The van der Waals surface area contributed by atoms with Crippen molar-refractivity contribution in [1.29, 1.82) is 0 Å². The van der Waals surface area contributed by atoms with E-state index in [1.165, 1.54) is 97.5 Å². The molecule has 0 bridgehead atoms. The lowest BCUT2D eigenvalue weighted by atomic mass is 10.0. The number of rotatable bonds is 8. The molecule has 0 spiro atoms. The van der Waals surface area contributed by atoms with Gasteiger partial charge in [-0.2, -0.15) is 0 Å². The first-order chi connectivity index (χ1) is 34.2. The van der Waals surface area contributed by atoms with E-state index >= 15 is 0 Å². The molecule has 4 heteroatoms. The highest BCUT2D eigenvalue weighted by atomic mass is 32.1. The van der Waals surface area contributed by atoms with Crippen LogP contribution in [0.3, 0.4) is 0 Å². The molecule has 1 aliphatic carbocycles. The Morgan fingerprint density at radius 1 is 0.348 bits per heavy atom. The summed E-state index contributed by atoms with van der Waals surface area (Å²) < 4.78 is 4.92. The first-order valence-corrected chi connectivity index (χ1v) is 24.5. The summed E-state index contributed by atoms with van der Waals surface area (Å²) in [6.45, 7) is 0. The Hall–Kier alpha value is -8.70. The zero-order valence-electron chi connectivity index (χ0n) is 37.6. The largest absolute Gasteiger partial charge is 0.310 e. The van der Waals surface area contributed by atoms with E-state index in [4.69, 9.17) is 0 Å². The molecule has 2 aromatic heterocycles. The van der Waals surface area contributed by atoms with Crippen LogP contribution in [0.4, 0.5) is 34.1 Å². The van der Waals surface area contributed by atoms with Crippen LogP contribution in [0.25, 0.3) is 80.7 Å². The molecule has 11 aromatic carbocycles. The Kier molecular flexibility index (Phi) is 9.14. The van der Waals surface area contributed by atoms with E-state index in [1.807, 2.05) is 11.3 Å². The molecule has 0 fully saturated rings. The summed E-state index contributed by atoms with van der Waals surface area (Å²) >= 11 is 1.87. The molecule has 0 radical (unpaired) electrons. The molecule has 2 heterocycles. The van der Waals surface area contributed by atoms with Gasteiger partial charge in [0.05, 0.1) is 22.4 Å². The van der Waals surface area contributed by atoms with Gasteiger partial charge in [-0.05, 0) is 124 Å². The quantitative estimate of drug-likeness (QED) is 0.151. The lowest BCUT2D eigenvalue weighted by Gasteiger charge is -2.29. The van der Waals surface area contributed by atoms with E-state index in [0.717, 1.165) is 34.9 Å². The van der Waals surface area contributed by atoms with Crippen LogP contribution in [-0.2, 0) is 6.42 Å². The number of anilines is 6. The van der Waals surface area contributed by atoms with Gasteiger partial charge in [0.1, 0.15) is 0 Å². The third-order valence-electron chi connectivity index (χ3n) is 14.2. The fourth-order valence-electron chi connectivity index (χ4n) is 11.0. The molecule has 324 valence electrons. The van der Waals surface area contributed by atoms with Crippen molar-refractivity contribution in [3.63, 3.8) is 0 Å². The van der Waals surface area contributed by atoms with Gasteiger partial charge in [-0.15, -0.1) is 11.3 Å². The van der Waals surface area contributed by atoms with Crippen molar-refractivity contribution in [3.8, 4) is 27.9 Å². The van der Waals surface area contributed by atoms with Crippen molar-refractivity contribution in [3.05, 3.63) is 260 Å². The van der Waals surface area contributed by atoms with E-state index in [0.29, 0.717) is 0 Å². The second-order valence-electron chi connectivity index (χ2n) is 18.1. The van der Waals surface area contributed by atoms with Crippen LogP contribution in [0.5, 0.6) is 0 Å². The standard InChI is InChI=1S/C65H43N3S/c1-3-15-43(16-4-1)44-29-31-48(32-30-44)66(50-33-36-56-55-24-11-12-26-61(55)67(63(56)41-50)47-20-5-2-6-21-47)51-34-37-57-59-40-49(35-38-64(59)69-65(57)42-51)68(60-27-13-19-45-17-7-10-23-53(45)60)62-28-14-25-54-52-22-9-8-18-46(52)39-58(54)62/h1-38,40-42H,39H2. The molecule has 3 nitrogen and oxygen atoms in total. The fraction of sp³-hybridized carbons (Fsp3) is 0.0154. The lowest BCUT2D eigenvalue weighted by Crippen LogP contribution is -2.12. The molecule has 0 saturated carbocycles. The second-order valence-corrected chi connectivity index (χ2v) is 19.2. The highest BCUT2D eigenvalue weighted by Gasteiger charge is 2.26. The number of benzene rings is 11. The van der Waals surface area contributed by atoms with Crippen molar-refractivity contribution >= 4 is 98.2 Å². The Bertz CT molecular complexity index is 4110. The molecule has 13 aromatic rings. The van der Waals surface area contributed by atoms with Gasteiger partial charge < -0.3 is 14.4 Å². The average molecular weight is 898 g/mol. The third-order valence-corrected chi connectivity index (χ3v) is 15.3. The van der Waals surface area contributed by atoms with Crippen LogP contribution in [-0.4, -0.2) is 4.57 Å². The minimum atomic E-state index is 0.905. The van der Waals surface area contributed by atoms with E-state index in [9.17, 15) is 0 Å². The van der Waals surface area contributed by atoms with Crippen LogP contribution in [0.2, 0.25) is 0 Å². The van der Waals surface area contributed by atoms with Crippen LogP contribution in [0.15, 0.2) is 249 Å². The Morgan fingerprint density at radius 2 is 0.957 bits per heavy atom. The maximum Gasteiger partial charge on any atom is 0.0561 e.